The number of nitrogens with zero attached hydrogens (tertiary/aromatic N) is 2. The zero-order valence-corrected chi connectivity index (χ0v) is 11.5. The first kappa shape index (κ1) is 13.3. The van der Waals surface area contributed by atoms with Crippen molar-refractivity contribution in [1.82, 2.24) is 10.3 Å². The maximum atomic E-state index is 9.57. The summed E-state index contributed by atoms with van der Waals surface area (Å²) in [6.45, 7) is 8.83. The van der Waals surface area contributed by atoms with E-state index in [1.165, 1.54) is 11.1 Å². The van der Waals surface area contributed by atoms with Crippen LogP contribution in [0, 0.1) is 6.92 Å². The van der Waals surface area contributed by atoms with Gasteiger partial charge in [0, 0.05) is 31.9 Å². The van der Waals surface area contributed by atoms with Gasteiger partial charge in [-0.05, 0) is 30.5 Å². The molecule has 0 aromatic carbocycles. The predicted molar refractivity (Wildman–Crippen MR) is 73.8 cm³/mol. The Morgan fingerprint density at radius 1 is 1.56 bits per heavy atom. The number of nitrogens with one attached hydrogen (secondary N) is 1. The van der Waals surface area contributed by atoms with Crippen LogP contribution in [-0.4, -0.2) is 35.3 Å². The SMILES string of the molecule is Cc1cc(CNC(C)C)cnc1N1CCC(O)C1. The highest BCUT2D eigenvalue weighted by atomic mass is 16.3. The van der Waals surface area contributed by atoms with Gasteiger partial charge in [0.1, 0.15) is 5.82 Å². The van der Waals surface area contributed by atoms with E-state index in [1.54, 1.807) is 0 Å². The van der Waals surface area contributed by atoms with Crippen molar-refractivity contribution in [3.63, 3.8) is 0 Å². The van der Waals surface area contributed by atoms with E-state index in [4.69, 9.17) is 0 Å². The van der Waals surface area contributed by atoms with Crippen LogP contribution in [0.1, 0.15) is 31.4 Å². The van der Waals surface area contributed by atoms with Crippen LogP contribution in [-0.2, 0) is 6.54 Å². The van der Waals surface area contributed by atoms with Gasteiger partial charge in [-0.3, -0.25) is 0 Å². The Morgan fingerprint density at radius 2 is 2.33 bits per heavy atom. The molecular formula is C14H23N3O. The molecule has 4 nitrogen and oxygen atoms in total. The van der Waals surface area contributed by atoms with Crippen LogP contribution in [0.3, 0.4) is 0 Å². The second-order valence-corrected chi connectivity index (χ2v) is 5.41. The number of aliphatic hydroxyl groups is 1. The van der Waals surface area contributed by atoms with Gasteiger partial charge in [0.25, 0.3) is 0 Å². The zero-order valence-electron chi connectivity index (χ0n) is 11.5. The van der Waals surface area contributed by atoms with Crippen molar-refractivity contribution in [1.29, 1.82) is 0 Å². The monoisotopic (exact) mass is 249 g/mol. The average Bonchev–Trinajstić information content (AvgIpc) is 2.73. The Bertz CT molecular complexity index is 406. The molecule has 18 heavy (non-hydrogen) atoms. The minimum absolute atomic E-state index is 0.200. The fourth-order valence-electron chi connectivity index (χ4n) is 2.31. The maximum absolute atomic E-state index is 9.57. The van der Waals surface area contributed by atoms with Gasteiger partial charge < -0.3 is 15.3 Å². The van der Waals surface area contributed by atoms with Crippen molar-refractivity contribution in [3.8, 4) is 0 Å². The molecule has 0 amide bonds. The lowest BCUT2D eigenvalue weighted by atomic mass is 10.2. The Balaban J connectivity index is 2.05. The van der Waals surface area contributed by atoms with Crippen molar-refractivity contribution in [2.45, 2.75) is 45.9 Å². The molecule has 4 heteroatoms. The fraction of sp³-hybridized carbons (Fsp3) is 0.643. The number of β-amino-alcohol motifs (C(OH)–C–C–N with tert-alkyl or cyclic N) is 1. The topological polar surface area (TPSA) is 48.4 Å². The van der Waals surface area contributed by atoms with Crippen molar-refractivity contribution < 1.29 is 5.11 Å². The maximum Gasteiger partial charge on any atom is 0.131 e. The molecule has 0 bridgehead atoms. The summed E-state index contributed by atoms with van der Waals surface area (Å²) in [5.41, 5.74) is 2.40. The van der Waals surface area contributed by atoms with Crippen molar-refractivity contribution in [2.75, 3.05) is 18.0 Å². The van der Waals surface area contributed by atoms with E-state index in [9.17, 15) is 5.11 Å². The van der Waals surface area contributed by atoms with Crippen LogP contribution in [0.4, 0.5) is 5.82 Å². The number of rotatable bonds is 4. The van der Waals surface area contributed by atoms with Gasteiger partial charge in [0.2, 0.25) is 0 Å². The van der Waals surface area contributed by atoms with E-state index in [0.717, 1.165) is 25.3 Å². The Kier molecular flexibility index (Phi) is 4.19. The first-order chi connectivity index (χ1) is 8.56. The number of aryl methyl sites for hydroxylation is 1. The van der Waals surface area contributed by atoms with Crippen LogP contribution in [0.15, 0.2) is 12.3 Å². The van der Waals surface area contributed by atoms with Gasteiger partial charge in [-0.1, -0.05) is 13.8 Å². The Hall–Kier alpha value is -1.13. The summed E-state index contributed by atoms with van der Waals surface area (Å²) in [5, 5.41) is 13.0. The summed E-state index contributed by atoms with van der Waals surface area (Å²) < 4.78 is 0. The van der Waals surface area contributed by atoms with Crippen LogP contribution in [0.25, 0.3) is 0 Å². The molecule has 0 aliphatic carbocycles. The molecule has 1 unspecified atom stereocenters. The average molecular weight is 249 g/mol. The quantitative estimate of drug-likeness (QED) is 0.848. The lowest BCUT2D eigenvalue weighted by Crippen LogP contribution is -2.24. The summed E-state index contributed by atoms with van der Waals surface area (Å²) >= 11 is 0. The summed E-state index contributed by atoms with van der Waals surface area (Å²) in [4.78, 5) is 6.71. The summed E-state index contributed by atoms with van der Waals surface area (Å²) in [6, 6.07) is 2.67. The molecule has 2 N–H and O–H groups in total. The number of hydrogen-bond acceptors (Lipinski definition) is 4. The molecule has 2 rings (SSSR count). The predicted octanol–water partition coefficient (Wildman–Crippen LogP) is 1.46. The van der Waals surface area contributed by atoms with Gasteiger partial charge in [0.15, 0.2) is 0 Å². The smallest absolute Gasteiger partial charge is 0.131 e. The van der Waals surface area contributed by atoms with Crippen LogP contribution >= 0.6 is 0 Å². The number of aromatic nitrogens is 1. The first-order valence-corrected chi connectivity index (χ1v) is 6.68. The molecule has 1 aliphatic heterocycles. The molecule has 100 valence electrons. The Morgan fingerprint density at radius 3 is 2.89 bits per heavy atom. The first-order valence-electron chi connectivity index (χ1n) is 6.68. The zero-order chi connectivity index (χ0) is 13.1. The van der Waals surface area contributed by atoms with Gasteiger partial charge in [-0.15, -0.1) is 0 Å². The minimum Gasteiger partial charge on any atom is -0.391 e. The van der Waals surface area contributed by atoms with E-state index < -0.39 is 0 Å². The molecule has 1 fully saturated rings. The molecule has 0 spiro atoms. The van der Waals surface area contributed by atoms with E-state index in [2.05, 4.69) is 42.0 Å². The fourth-order valence-corrected chi connectivity index (χ4v) is 2.31. The lowest BCUT2D eigenvalue weighted by molar-refractivity contribution is 0.198. The largest absolute Gasteiger partial charge is 0.391 e. The summed E-state index contributed by atoms with van der Waals surface area (Å²) in [7, 11) is 0. The Labute approximate surface area is 109 Å². The van der Waals surface area contributed by atoms with E-state index in [1.807, 2.05) is 6.20 Å². The third-order valence-corrected chi connectivity index (χ3v) is 3.28. The van der Waals surface area contributed by atoms with Crippen LogP contribution < -0.4 is 10.2 Å². The number of anilines is 1. The highest BCUT2D eigenvalue weighted by Crippen LogP contribution is 2.22. The molecule has 1 saturated heterocycles. The lowest BCUT2D eigenvalue weighted by Gasteiger charge is -2.19. The highest BCUT2D eigenvalue weighted by molar-refractivity contribution is 5.48. The standard InChI is InChI=1S/C14H23N3O/c1-10(2)15-7-12-6-11(3)14(16-8-12)17-5-4-13(18)9-17/h6,8,10,13,15,18H,4-5,7,9H2,1-3H3. The van der Waals surface area contributed by atoms with Gasteiger partial charge in [0.05, 0.1) is 6.10 Å². The summed E-state index contributed by atoms with van der Waals surface area (Å²) in [5.74, 6) is 1.01. The normalized spacial score (nSPS) is 19.8. The second-order valence-electron chi connectivity index (χ2n) is 5.41. The molecule has 2 heterocycles. The highest BCUT2D eigenvalue weighted by Gasteiger charge is 2.22. The number of pyridine rings is 1. The third-order valence-electron chi connectivity index (χ3n) is 3.28. The van der Waals surface area contributed by atoms with Gasteiger partial charge >= 0.3 is 0 Å². The van der Waals surface area contributed by atoms with Crippen molar-refractivity contribution in [3.05, 3.63) is 23.4 Å². The molecule has 1 atom stereocenters. The minimum atomic E-state index is -0.200. The van der Waals surface area contributed by atoms with E-state index in [0.29, 0.717) is 12.6 Å². The molecule has 1 aromatic heterocycles. The second kappa shape index (κ2) is 5.67. The summed E-state index contributed by atoms with van der Waals surface area (Å²) in [6.07, 6.45) is 2.58. The van der Waals surface area contributed by atoms with Crippen LogP contribution in [0.2, 0.25) is 0 Å². The molecule has 1 aromatic rings. The molecule has 1 aliphatic rings. The van der Waals surface area contributed by atoms with Gasteiger partial charge in [-0.25, -0.2) is 4.98 Å². The molecular weight excluding hydrogens is 226 g/mol. The third kappa shape index (κ3) is 3.21. The van der Waals surface area contributed by atoms with E-state index >= 15 is 0 Å². The number of hydrogen-bond donors (Lipinski definition) is 2. The number of aliphatic hydroxyl groups excluding tert-OH is 1. The van der Waals surface area contributed by atoms with E-state index in [-0.39, 0.29) is 6.10 Å². The van der Waals surface area contributed by atoms with Gasteiger partial charge in [-0.2, -0.15) is 0 Å². The molecule has 0 saturated carbocycles. The van der Waals surface area contributed by atoms with Crippen molar-refractivity contribution >= 4 is 5.82 Å². The molecule has 0 radical (unpaired) electrons. The van der Waals surface area contributed by atoms with Crippen molar-refractivity contribution in [2.24, 2.45) is 0 Å². The van der Waals surface area contributed by atoms with Crippen LogP contribution in [0.5, 0.6) is 0 Å².